The van der Waals surface area contributed by atoms with Crippen molar-refractivity contribution in [3.63, 3.8) is 0 Å². The minimum Gasteiger partial charge on any atom is -0.497 e. The summed E-state index contributed by atoms with van der Waals surface area (Å²) in [6.07, 6.45) is 2.98. The number of sulfonamides is 1. The highest BCUT2D eigenvalue weighted by Crippen LogP contribution is 2.33. The van der Waals surface area contributed by atoms with Gasteiger partial charge in [0.25, 0.3) is 0 Å². The monoisotopic (exact) mass is 424 g/mol. The molecule has 3 rings (SSSR count). The quantitative estimate of drug-likeness (QED) is 0.756. The third-order valence-corrected chi connectivity index (χ3v) is 8.21. The molecule has 0 bridgehead atoms. The van der Waals surface area contributed by atoms with E-state index in [1.165, 1.54) is 0 Å². The highest BCUT2D eigenvalue weighted by molar-refractivity contribution is 7.89. The summed E-state index contributed by atoms with van der Waals surface area (Å²) < 4.78 is 32.8. The van der Waals surface area contributed by atoms with E-state index in [0.717, 1.165) is 6.42 Å². The number of amides is 1. The molecule has 8 heteroatoms. The summed E-state index contributed by atoms with van der Waals surface area (Å²) in [6, 6.07) is 6.47. The van der Waals surface area contributed by atoms with Gasteiger partial charge in [-0.1, -0.05) is 13.3 Å². The number of rotatable bonds is 6. The van der Waals surface area contributed by atoms with Gasteiger partial charge < -0.3 is 14.7 Å². The van der Waals surface area contributed by atoms with Crippen LogP contribution in [0.4, 0.5) is 0 Å². The third kappa shape index (κ3) is 5.10. The van der Waals surface area contributed by atoms with Crippen LogP contribution in [0.5, 0.6) is 5.75 Å². The van der Waals surface area contributed by atoms with Gasteiger partial charge in [0, 0.05) is 32.6 Å². The normalized spacial score (nSPS) is 24.4. The standard InChI is InChI=1S/C21H32N2O5S/c1-3-16-15-23(29(26,27)20-6-4-19(28-2)5-7-20)13-8-17(16)14-21(25)22-11-9-18(24)10-12-22/h4-7,16-18,24H,3,8-15H2,1-2H3. The highest BCUT2D eigenvalue weighted by atomic mass is 32.2. The Kier molecular flexibility index (Phi) is 7.19. The average molecular weight is 425 g/mol. The van der Waals surface area contributed by atoms with E-state index in [2.05, 4.69) is 6.92 Å². The zero-order chi connectivity index (χ0) is 21.0. The van der Waals surface area contributed by atoms with E-state index >= 15 is 0 Å². The van der Waals surface area contributed by atoms with Crippen molar-refractivity contribution in [2.45, 2.75) is 50.0 Å². The van der Waals surface area contributed by atoms with Crippen LogP contribution in [0, 0.1) is 11.8 Å². The van der Waals surface area contributed by atoms with Crippen molar-refractivity contribution in [3.05, 3.63) is 24.3 Å². The number of nitrogens with zero attached hydrogens (tertiary/aromatic N) is 2. The maximum Gasteiger partial charge on any atom is 0.243 e. The van der Waals surface area contributed by atoms with Crippen LogP contribution in [0.25, 0.3) is 0 Å². The molecule has 162 valence electrons. The molecule has 1 aromatic rings. The molecule has 2 aliphatic rings. The predicted octanol–water partition coefficient (Wildman–Crippen LogP) is 2.11. The van der Waals surface area contributed by atoms with E-state index in [4.69, 9.17) is 4.74 Å². The van der Waals surface area contributed by atoms with Crippen LogP contribution in [-0.2, 0) is 14.8 Å². The topological polar surface area (TPSA) is 87.2 Å². The van der Waals surface area contributed by atoms with E-state index in [1.807, 2.05) is 4.90 Å². The van der Waals surface area contributed by atoms with Crippen LogP contribution in [0.2, 0.25) is 0 Å². The van der Waals surface area contributed by atoms with Crippen molar-refractivity contribution in [1.29, 1.82) is 0 Å². The van der Waals surface area contributed by atoms with Gasteiger partial charge >= 0.3 is 0 Å². The second-order valence-electron chi connectivity index (χ2n) is 8.07. The number of methoxy groups -OCH3 is 1. The van der Waals surface area contributed by atoms with Crippen molar-refractivity contribution < 1.29 is 23.1 Å². The molecule has 1 aromatic carbocycles. The van der Waals surface area contributed by atoms with Gasteiger partial charge in [-0.2, -0.15) is 4.31 Å². The lowest BCUT2D eigenvalue weighted by molar-refractivity contribution is -0.135. The molecule has 1 N–H and O–H groups in total. The number of aliphatic hydroxyl groups is 1. The molecular formula is C21H32N2O5S. The molecule has 0 saturated carbocycles. The van der Waals surface area contributed by atoms with Gasteiger partial charge in [-0.05, 0) is 55.4 Å². The van der Waals surface area contributed by atoms with Crippen LogP contribution < -0.4 is 4.74 Å². The molecule has 2 heterocycles. The predicted molar refractivity (Wildman–Crippen MR) is 110 cm³/mol. The van der Waals surface area contributed by atoms with Crippen molar-refractivity contribution in [3.8, 4) is 5.75 Å². The van der Waals surface area contributed by atoms with E-state index < -0.39 is 10.0 Å². The second kappa shape index (κ2) is 9.45. The minimum atomic E-state index is -3.55. The van der Waals surface area contributed by atoms with E-state index in [1.54, 1.807) is 35.7 Å². The van der Waals surface area contributed by atoms with Crippen LogP contribution in [0.3, 0.4) is 0 Å². The van der Waals surface area contributed by atoms with E-state index in [0.29, 0.717) is 57.6 Å². The van der Waals surface area contributed by atoms with Gasteiger partial charge in [-0.15, -0.1) is 0 Å². The van der Waals surface area contributed by atoms with E-state index in [9.17, 15) is 18.3 Å². The first-order valence-corrected chi connectivity index (χ1v) is 11.9. The van der Waals surface area contributed by atoms with Crippen LogP contribution >= 0.6 is 0 Å². The Hall–Kier alpha value is -1.64. The summed E-state index contributed by atoms with van der Waals surface area (Å²) in [4.78, 5) is 14.8. The number of carbonyl (C=O) groups excluding carboxylic acids is 1. The number of hydrogen-bond acceptors (Lipinski definition) is 5. The highest BCUT2D eigenvalue weighted by Gasteiger charge is 2.36. The van der Waals surface area contributed by atoms with Gasteiger partial charge in [0.15, 0.2) is 0 Å². The molecule has 1 amide bonds. The maximum absolute atomic E-state index is 13.0. The van der Waals surface area contributed by atoms with Gasteiger partial charge in [0.2, 0.25) is 15.9 Å². The number of aliphatic hydroxyl groups excluding tert-OH is 1. The minimum absolute atomic E-state index is 0.131. The first kappa shape index (κ1) is 22.1. The fourth-order valence-electron chi connectivity index (χ4n) is 4.36. The lowest BCUT2D eigenvalue weighted by Gasteiger charge is -2.38. The summed E-state index contributed by atoms with van der Waals surface area (Å²) in [5.41, 5.74) is 0. The second-order valence-corrected chi connectivity index (χ2v) is 10.0. The Morgan fingerprint density at radius 3 is 2.34 bits per heavy atom. The molecule has 2 atom stereocenters. The van der Waals surface area contributed by atoms with Gasteiger partial charge in [0.1, 0.15) is 5.75 Å². The Balaban J connectivity index is 1.63. The third-order valence-electron chi connectivity index (χ3n) is 6.33. The summed E-state index contributed by atoms with van der Waals surface area (Å²) in [7, 11) is -2.00. The zero-order valence-electron chi connectivity index (χ0n) is 17.3. The van der Waals surface area contributed by atoms with Crippen molar-refractivity contribution in [2.24, 2.45) is 11.8 Å². The summed E-state index contributed by atoms with van der Waals surface area (Å²) in [5.74, 6) is 1.11. The Morgan fingerprint density at radius 1 is 1.10 bits per heavy atom. The van der Waals surface area contributed by atoms with Gasteiger partial charge in [-0.3, -0.25) is 4.79 Å². The number of carbonyl (C=O) groups is 1. The molecule has 0 aliphatic carbocycles. The van der Waals surface area contributed by atoms with Crippen LogP contribution in [0.1, 0.15) is 39.0 Å². The number of hydrogen-bond donors (Lipinski definition) is 1. The number of likely N-dealkylation sites (tertiary alicyclic amines) is 1. The van der Waals surface area contributed by atoms with Crippen LogP contribution in [0.15, 0.2) is 29.2 Å². The lowest BCUT2D eigenvalue weighted by Crippen LogP contribution is -2.46. The van der Waals surface area contributed by atoms with Crippen LogP contribution in [-0.4, -0.2) is 68.0 Å². The Labute approximate surface area is 173 Å². The molecule has 2 fully saturated rings. The number of ether oxygens (including phenoxy) is 1. The molecular weight excluding hydrogens is 392 g/mol. The lowest BCUT2D eigenvalue weighted by atomic mass is 9.82. The fourth-order valence-corrected chi connectivity index (χ4v) is 5.87. The average Bonchev–Trinajstić information content (AvgIpc) is 2.74. The SMILES string of the molecule is CCC1CN(S(=O)(=O)c2ccc(OC)cc2)CCC1CC(=O)N1CCC(O)CC1. The number of benzene rings is 1. The van der Waals surface area contributed by atoms with Crippen molar-refractivity contribution >= 4 is 15.9 Å². The van der Waals surface area contributed by atoms with E-state index in [-0.39, 0.29) is 28.7 Å². The van der Waals surface area contributed by atoms with Gasteiger partial charge in [-0.25, -0.2) is 8.42 Å². The molecule has 7 nitrogen and oxygen atoms in total. The molecule has 2 aliphatic heterocycles. The van der Waals surface area contributed by atoms with Crippen molar-refractivity contribution in [2.75, 3.05) is 33.3 Å². The summed E-state index contributed by atoms with van der Waals surface area (Å²) in [6.45, 7) is 4.16. The zero-order valence-corrected chi connectivity index (χ0v) is 18.1. The maximum atomic E-state index is 13.0. The smallest absolute Gasteiger partial charge is 0.243 e. The molecule has 2 unspecified atom stereocenters. The molecule has 0 spiro atoms. The molecule has 0 radical (unpaired) electrons. The summed E-state index contributed by atoms with van der Waals surface area (Å²) in [5, 5.41) is 9.63. The number of piperidine rings is 2. The fraction of sp³-hybridized carbons (Fsp3) is 0.667. The first-order valence-electron chi connectivity index (χ1n) is 10.4. The first-order chi connectivity index (χ1) is 13.8. The largest absolute Gasteiger partial charge is 0.497 e. The van der Waals surface area contributed by atoms with Crippen molar-refractivity contribution in [1.82, 2.24) is 9.21 Å². The Morgan fingerprint density at radius 2 is 1.76 bits per heavy atom. The van der Waals surface area contributed by atoms with Gasteiger partial charge in [0.05, 0.1) is 18.1 Å². The molecule has 29 heavy (non-hydrogen) atoms. The molecule has 0 aromatic heterocycles. The summed E-state index contributed by atoms with van der Waals surface area (Å²) >= 11 is 0. The Bertz CT molecular complexity index is 788. The molecule has 2 saturated heterocycles.